The summed E-state index contributed by atoms with van der Waals surface area (Å²) in [5.74, 6) is 1.66. The van der Waals surface area contributed by atoms with E-state index in [1.165, 1.54) is 6.21 Å². The summed E-state index contributed by atoms with van der Waals surface area (Å²) in [5.41, 5.74) is 5.13. The normalized spacial score (nSPS) is 10.6. The minimum Gasteiger partial charge on any atom is -0.497 e. The maximum absolute atomic E-state index is 11.9. The van der Waals surface area contributed by atoms with Gasteiger partial charge < -0.3 is 14.2 Å². The number of carbonyl (C=O) groups excluding carboxylic acids is 1. The molecule has 2 aromatic carbocycles. The second-order valence-corrected chi connectivity index (χ2v) is 5.41. The van der Waals surface area contributed by atoms with Gasteiger partial charge in [0.1, 0.15) is 17.2 Å². The Hall–Kier alpha value is -3.02. The first-order valence-electron chi connectivity index (χ1n) is 7.78. The zero-order valence-electron chi connectivity index (χ0n) is 14.8. The number of carbonyl (C=O) groups is 1. The van der Waals surface area contributed by atoms with Crippen molar-refractivity contribution in [1.82, 2.24) is 5.43 Å². The van der Waals surface area contributed by atoms with Crippen LogP contribution in [0.3, 0.4) is 0 Å². The number of nitrogens with zero attached hydrogens (tertiary/aromatic N) is 1. The molecular formula is C19H22N2O4. The van der Waals surface area contributed by atoms with Crippen molar-refractivity contribution in [3.63, 3.8) is 0 Å². The van der Waals surface area contributed by atoms with Crippen molar-refractivity contribution in [3.8, 4) is 17.2 Å². The quantitative estimate of drug-likeness (QED) is 0.620. The maximum Gasteiger partial charge on any atom is 0.277 e. The van der Waals surface area contributed by atoms with Crippen LogP contribution in [0.15, 0.2) is 41.5 Å². The lowest BCUT2D eigenvalue weighted by Crippen LogP contribution is -2.25. The Bertz CT molecular complexity index is 752. The van der Waals surface area contributed by atoms with Crippen molar-refractivity contribution in [2.75, 3.05) is 20.8 Å². The summed E-state index contributed by atoms with van der Waals surface area (Å²) in [4.78, 5) is 11.9. The van der Waals surface area contributed by atoms with Crippen molar-refractivity contribution in [2.45, 2.75) is 13.8 Å². The van der Waals surface area contributed by atoms with Crippen molar-refractivity contribution in [3.05, 3.63) is 53.1 Å². The molecule has 1 N–H and O–H groups in total. The number of hydrogen-bond acceptors (Lipinski definition) is 5. The van der Waals surface area contributed by atoms with Crippen molar-refractivity contribution < 1.29 is 19.0 Å². The lowest BCUT2D eigenvalue weighted by Gasteiger charge is -2.10. The molecule has 0 radical (unpaired) electrons. The van der Waals surface area contributed by atoms with E-state index in [0.29, 0.717) is 11.5 Å². The van der Waals surface area contributed by atoms with Gasteiger partial charge in [0.2, 0.25) is 0 Å². The molecule has 0 aliphatic rings. The van der Waals surface area contributed by atoms with Gasteiger partial charge in [0.25, 0.3) is 5.91 Å². The van der Waals surface area contributed by atoms with E-state index in [2.05, 4.69) is 10.5 Å². The molecule has 0 spiro atoms. The molecule has 6 nitrogen and oxygen atoms in total. The van der Waals surface area contributed by atoms with Crippen LogP contribution in [0.4, 0.5) is 0 Å². The van der Waals surface area contributed by atoms with E-state index >= 15 is 0 Å². The second kappa shape index (κ2) is 8.73. The Balaban J connectivity index is 1.93. The number of hydrazone groups is 1. The summed E-state index contributed by atoms with van der Waals surface area (Å²) in [6.45, 7) is 3.77. The first-order valence-corrected chi connectivity index (χ1v) is 7.78. The maximum atomic E-state index is 11.9. The number of rotatable bonds is 7. The average Bonchev–Trinajstić information content (AvgIpc) is 2.61. The van der Waals surface area contributed by atoms with Crippen LogP contribution in [0.5, 0.6) is 17.2 Å². The fourth-order valence-electron chi connectivity index (χ4n) is 2.30. The lowest BCUT2D eigenvalue weighted by molar-refractivity contribution is -0.123. The molecule has 0 fully saturated rings. The third-order valence-electron chi connectivity index (χ3n) is 3.59. The molecule has 132 valence electrons. The van der Waals surface area contributed by atoms with E-state index in [1.54, 1.807) is 32.4 Å². The predicted octanol–water partition coefficient (Wildman–Crippen LogP) is 2.85. The van der Waals surface area contributed by atoms with Gasteiger partial charge in [-0.25, -0.2) is 5.43 Å². The van der Waals surface area contributed by atoms with Gasteiger partial charge in [0, 0.05) is 11.6 Å². The molecule has 2 aromatic rings. The predicted molar refractivity (Wildman–Crippen MR) is 96.7 cm³/mol. The number of nitrogens with one attached hydrogen (secondary N) is 1. The summed E-state index contributed by atoms with van der Waals surface area (Å²) < 4.78 is 16.0. The van der Waals surface area contributed by atoms with Gasteiger partial charge in [-0.15, -0.1) is 0 Å². The molecule has 0 aliphatic heterocycles. The Labute approximate surface area is 147 Å². The highest BCUT2D eigenvalue weighted by atomic mass is 16.5. The van der Waals surface area contributed by atoms with E-state index in [-0.39, 0.29) is 12.5 Å². The fourth-order valence-corrected chi connectivity index (χ4v) is 2.30. The average molecular weight is 342 g/mol. The largest absolute Gasteiger partial charge is 0.497 e. The molecule has 0 saturated carbocycles. The minimum absolute atomic E-state index is 0.108. The Kier molecular flexibility index (Phi) is 6.39. The number of para-hydroxylation sites is 1. The van der Waals surface area contributed by atoms with Gasteiger partial charge in [0.15, 0.2) is 6.61 Å². The van der Waals surface area contributed by atoms with Crippen LogP contribution in [0.2, 0.25) is 0 Å². The highest BCUT2D eigenvalue weighted by Gasteiger charge is 2.07. The van der Waals surface area contributed by atoms with Gasteiger partial charge >= 0.3 is 0 Å². The minimum atomic E-state index is -0.341. The number of benzene rings is 2. The summed E-state index contributed by atoms with van der Waals surface area (Å²) in [7, 11) is 3.14. The van der Waals surface area contributed by atoms with Gasteiger partial charge in [-0.3, -0.25) is 4.79 Å². The first kappa shape index (κ1) is 18.3. The smallest absolute Gasteiger partial charge is 0.277 e. The summed E-state index contributed by atoms with van der Waals surface area (Å²) in [5, 5.41) is 3.94. The van der Waals surface area contributed by atoms with Crippen molar-refractivity contribution >= 4 is 12.1 Å². The molecule has 1 amide bonds. The molecule has 0 heterocycles. The lowest BCUT2D eigenvalue weighted by atomic mass is 10.1. The number of methoxy groups -OCH3 is 2. The molecule has 6 heteroatoms. The van der Waals surface area contributed by atoms with Crippen LogP contribution in [-0.2, 0) is 4.79 Å². The molecule has 0 aromatic heterocycles. The van der Waals surface area contributed by atoms with Crippen LogP contribution in [0.1, 0.15) is 16.7 Å². The monoisotopic (exact) mass is 342 g/mol. The summed E-state index contributed by atoms with van der Waals surface area (Å²) in [6.07, 6.45) is 1.51. The van der Waals surface area contributed by atoms with Gasteiger partial charge in [-0.1, -0.05) is 18.2 Å². The van der Waals surface area contributed by atoms with E-state index in [4.69, 9.17) is 14.2 Å². The van der Waals surface area contributed by atoms with E-state index in [1.807, 2.05) is 32.0 Å². The molecule has 25 heavy (non-hydrogen) atoms. The fraction of sp³-hybridized carbons (Fsp3) is 0.263. The second-order valence-electron chi connectivity index (χ2n) is 5.41. The molecule has 0 saturated heterocycles. The van der Waals surface area contributed by atoms with Gasteiger partial charge in [0.05, 0.1) is 20.4 Å². The van der Waals surface area contributed by atoms with Crippen LogP contribution in [-0.4, -0.2) is 32.9 Å². The first-order chi connectivity index (χ1) is 12.0. The summed E-state index contributed by atoms with van der Waals surface area (Å²) in [6, 6.07) is 11.1. The molecule has 0 aliphatic carbocycles. The van der Waals surface area contributed by atoms with Crippen LogP contribution in [0, 0.1) is 13.8 Å². The highest BCUT2D eigenvalue weighted by molar-refractivity contribution is 5.85. The number of hydrogen-bond donors (Lipinski definition) is 1. The zero-order chi connectivity index (χ0) is 18.2. The Morgan fingerprint density at radius 3 is 2.48 bits per heavy atom. The number of amides is 1. The summed E-state index contributed by atoms with van der Waals surface area (Å²) >= 11 is 0. The molecule has 0 atom stereocenters. The Morgan fingerprint density at radius 1 is 1.12 bits per heavy atom. The topological polar surface area (TPSA) is 69.2 Å². The standard InChI is InChI=1S/C19H22N2O4/c1-13-6-5-7-14(2)19(13)25-12-18(22)21-20-11-15-8-9-16(23-3)10-17(15)24-4/h5-11H,12H2,1-4H3,(H,21,22). The van der Waals surface area contributed by atoms with Gasteiger partial charge in [-0.2, -0.15) is 5.10 Å². The van der Waals surface area contributed by atoms with E-state index in [0.717, 1.165) is 22.4 Å². The third-order valence-corrected chi connectivity index (χ3v) is 3.59. The number of ether oxygens (including phenoxy) is 3. The van der Waals surface area contributed by atoms with Crippen LogP contribution >= 0.6 is 0 Å². The molecule has 0 bridgehead atoms. The zero-order valence-corrected chi connectivity index (χ0v) is 14.8. The van der Waals surface area contributed by atoms with E-state index in [9.17, 15) is 4.79 Å². The van der Waals surface area contributed by atoms with E-state index < -0.39 is 0 Å². The third kappa shape index (κ3) is 4.97. The van der Waals surface area contributed by atoms with Crippen molar-refractivity contribution in [2.24, 2.45) is 5.10 Å². The van der Waals surface area contributed by atoms with Crippen molar-refractivity contribution in [1.29, 1.82) is 0 Å². The van der Waals surface area contributed by atoms with Crippen LogP contribution < -0.4 is 19.6 Å². The molecule has 2 rings (SSSR count). The molecular weight excluding hydrogens is 320 g/mol. The SMILES string of the molecule is COc1ccc(C=NNC(=O)COc2c(C)cccc2C)c(OC)c1. The van der Waals surface area contributed by atoms with Crippen LogP contribution in [0.25, 0.3) is 0 Å². The highest BCUT2D eigenvalue weighted by Crippen LogP contribution is 2.23. The number of aryl methyl sites for hydroxylation is 2. The van der Waals surface area contributed by atoms with Gasteiger partial charge in [-0.05, 0) is 37.1 Å². The Morgan fingerprint density at radius 2 is 1.84 bits per heavy atom. The molecule has 0 unspecified atom stereocenters.